The van der Waals surface area contributed by atoms with Crippen molar-refractivity contribution < 1.29 is 4.79 Å². The summed E-state index contributed by atoms with van der Waals surface area (Å²) in [7, 11) is 0. The van der Waals surface area contributed by atoms with E-state index in [1.807, 2.05) is 18.2 Å². The number of hydrogen-bond donors (Lipinski definition) is 2. The third-order valence-corrected chi connectivity index (χ3v) is 2.96. The van der Waals surface area contributed by atoms with Gasteiger partial charge in [-0.2, -0.15) is 5.10 Å². The number of aromatic amines is 1. The minimum absolute atomic E-state index is 0.182. The van der Waals surface area contributed by atoms with Crippen LogP contribution in [-0.4, -0.2) is 16.1 Å². The molecule has 1 amide bonds. The summed E-state index contributed by atoms with van der Waals surface area (Å²) in [5.74, 6) is -0.182. The minimum atomic E-state index is -0.182. The molecule has 19 heavy (non-hydrogen) atoms. The number of hydrogen-bond acceptors (Lipinski definition) is 2. The molecular formula is C14H16ClN3O. The first-order chi connectivity index (χ1) is 9.19. The van der Waals surface area contributed by atoms with Gasteiger partial charge >= 0.3 is 0 Å². The second-order valence-electron chi connectivity index (χ2n) is 4.34. The van der Waals surface area contributed by atoms with E-state index in [9.17, 15) is 4.79 Å². The van der Waals surface area contributed by atoms with E-state index in [0.717, 1.165) is 24.1 Å². The fraction of sp³-hybridized carbons (Fsp3) is 0.286. The highest BCUT2D eigenvalue weighted by molar-refractivity contribution is 6.30. The van der Waals surface area contributed by atoms with E-state index in [4.69, 9.17) is 11.6 Å². The lowest BCUT2D eigenvalue weighted by atomic mass is 10.2. The van der Waals surface area contributed by atoms with Crippen LogP contribution in [0.25, 0.3) is 0 Å². The number of amides is 1. The van der Waals surface area contributed by atoms with E-state index in [-0.39, 0.29) is 5.91 Å². The quantitative estimate of drug-likeness (QED) is 0.883. The summed E-state index contributed by atoms with van der Waals surface area (Å²) >= 11 is 5.89. The van der Waals surface area contributed by atoms with Gasteiger partial charge in [0, 0.05) is 17.3 Å². The van der Waals surface area contributed by atoms with Crippen molar-refractivity contribution in [2.24, 2.45) is 0 Å². The van der Waals surface area contributed by atoms with Gasteiger partial charge in [0.25, 0.3) is 5.91 Å². The van der Waals surface area contributed by atoms with Crippen LogP contribution in [0.15, 0.2) is 30.3 Å². The summed E-state index contributed by atoms with van der Waals surface area (Å²) in [4.78, 5) is 11.9. The Kier molecular flexibility index (Phi) is 4.58. The Bertz CT molecular complexity index is 565. The maximum Gasteiger partial charge on any atom is 0.272 e. The summed E-state index contributed by atoms with van der Waals surface area (Å²) in [6.07, 6.45) is 1.92. The van der Waals surface area contributed by atoms with Crippen molar-refractivity contribution in [3.8, 4) is 0 Å². The average Bonchev–Trinajstić information content (AvgIpc) is 2.85. The van der Waals surface area contributed by atoms with Gasteiger partial charge < -0.3 is 5.32 Å². The summed E-state index contributed by atoms with van der Waals surface area (Å²) in [6, 6.07) is 9.19. The lowest BCUT2D eigenvalue weighted by Gasteiger charge is -2.03. The third kappa shape index (κ3) is 3.83. The molecule has 0 bridgehead atoms. The van der Waals surface area contributed by atoms with Crippen molar-refractivity contribution in [1.82, 2.24) is 15.5 Å². The van der Waals surface area contributed by atoms with Crippen LogP contribution in [0.5, 0.6) is 0 Å². The molecule has 0 atom stereocenters. The summed E-state index contributed by atoms with van der Waals surface area (Å²) < 4.78 is 0. The molecule has 5 heteroatoms. The Balaban J connectivity index is 1.93. The van der Waals surface area contributed by atoms with E-state index >= 15 is 0 Å². The van der Waals surface area contributed by atoms with Gasteiger partial charge in [-0.15, -0.1) is 0 Å². The Labute approximate surface area is 117 Å². The molecular weight excluding hydrogens is 262 g/mol. The second-order valence-corrected chi connectivity index (χ2v) is 4.78. The predicted octanol–water partition coefficient (Wildman–Crippen LogP) is 2.95. The number of benzene rings is 1. The zero-order valence-electron chi connectivity index (χ0n) is 10.7. The lowest BCUT2D eigenvalue weighted by Crippen LogP contribution is -2.23. The molecule has 0 fully saturated rings. The van der Waals surface area contributed by atoms with Crippen LogP contribution in [0.2, 0.25) is 5.02 Å². The van der Waals surface area contributed by atoms with Gasteiger partial charge in [0.2, 0.25) is 0 Å². The van der Waals surface area contributed by atoms with Gasteiger partial charge in [0.05, 0.1) is 0 Å². The van der Waals surface area contributed by atoms with Crippen molar-refractivity contribution in [2.75, 3.05) is 0 Å². The molecule has 0 aliphatic carbocycles. The Morgan fingerprint density at radius 2 is 2.26 bits per heavy atom. The number of carbonyl (C=O) groups excluding carboxylic acids is 1. The van der Waals surface area contributed by atoms with Crippen molar-refractivity contribution in [3.63, 3.8) is 0 Å². The van der Waals surface area contributed by atoms with E-state index in [0.29, 0.717) is 17.3 Å². The molecule has 4 nitrogen and oxygen atoms in total. The van der Waals surface area contributed by atoms with Crippen molar-refractivity contribution in [2.45, 2.75) is 26.3 Å². The van der Waals surface area contributed by atoms with Gasteiger partial charge in [-0.05, 0) is 30.2 Å². The number of nitrogens with one attached hydrogen (secondary N) is 2. The number of H-pyrrole nitrogens is 1. The van der Waals surface area contributed by atoms with Gasteiger partial charge in [0.15, 0.2) is 0 Å². The molecule has 0 saturated carbocycles. The largest absolute Gasteiger partial charge is 0.347 e. The van der Waals surface area contributed by atoms with E-state index < -0.39 is 0 Å². The second kappa shape index (κ2) is 6.38. The zero-order valence-corrected chi connectivity index (χ0v) is 11.5. The van der Waals surface area contributed by atoms with Gasteiger partial charge in [0.1, 0.15) is 5.69 Å². The van der Waals surface area contributed by atoms with Crippen LogP contribution in [0, 0.1) is 0 Å². The molecule has 0 radical (unpaired) electrons. The highest BCUT2D eigenvalue weighted by atomic mass is 35.5. The van der Waals surface area contributed by atoms with Crippen molar-refractivity contribution >= 4 is 17.5 Å². The zero-order chi connectivity index (χ0) is 13.7. The van der Waals surface area contributed by atoms with Crippen molar-refractivity contribution in [3.05, 3.63) is 52.3 Å². The smallest absolute Gasteiger partial charge is 0.272 e. The number of rotatable bonds is 5. The van der Waals surface area contributed by atoms with Crippen LogP contribution in [0.1, 0.15) is 35.1 Å². The van der Waals surface area contributed by atoms with Gasteiger partial charge in [-0.3, -0.25) is 9.89 Å². The average molecular weight is 278 g/mol. The number of halogens is 1. The number of aryl methyl sites for hydroxylation is 1. The molecule has 1 aromatic carbocycles. The van der Waals surface area contributed by atoms with E-state index in [1.165, 1.54) is 0 Å². The Hall–Kier alpha value is -1.81. The predicted molar refractivity (Wildman–Crippen MR) is 75.2 cm³/mol. The van der Waals surface area contributed by atoms with Crippen LogP contribution >= 0.6 is 11.6 Å². The SMILES string of the molecule is CCCc1cc(C(=O)NCc2cccc(Cl)c2)n[nH]1. The first kappa shape index (κ1) is 13.6. The summed E-state index contributed by atoms with van der Waals surface area (Å²) in [6.45, 7) is 2.52. The Morgan fingerprint density at radius 3 is 3.00 bits per heavy atom. The topological polar surface area (TPSA) is 57.8 Å². The molecule has 2 rings (SSSR count). The molecule has 100 valence electrons. The van der Waals surface area contributed by atoms with Crippen molar-refractivity contribution in [1.29, 1.82) is 0 Å². The Morgan fingerprint density at radius 1 is 1.42 bits per heavy atom. The molecule has 2 N–H and O–H groups in total. The maximum absolute atomic E-state index is 11.9. The normalized spacial score (nSPS) is 10.4. The molecule has 1 aromatic heterocycles. The highest BCUT2D eigenvalue weighted by Gasteiger charge is 2.09. The monoisotopic (exact) mass is 277 g/mol. The minimum Gasteiger partial charge on any atom is -0.347 e. The van der Waals surface area contributed by atoms with Crippen LogP contribution in [-0.2, 0) is 13.0 Å². The van der Waals surface area contributed by atoms with Crippen LogP contribution < -0.4 is 5.32 Å². The summed E-state index contributed by atoms with van der Waals surface area (Å²) in [5, 5.41) is 10.3. The number of nitrogens with zero attached hydrogens (tertiary/aromatic N) is 1. The molecule has 0 saturated heterocycles. The number of carbonyl (C=O) groups is 1. The molecule has 0 aliphatic heterocycles. The molecule has 2 aromatic rings. The van der Waals surface area contributed by atoms with Gasteiger partial charge in [-0.25, -0.2) is 0 Å². The number of aromatic nitrogens is 2. The third-order valence-electron chi connectivity index (χ3n) is 2.72. The highest BCUT2D eigenvalue weighted by Crippen LogP contribution is 2.10. The first-order valence-electron chi connectivity index (χ1n) is 6.26. The fourth-order valence-corrected chi connectivity index (χ4v) is 2.01. The molecule has 0 spiro atoms. The standard InChI is InChI=1S/C14H16ClN3O/c1-2-4-12-8-13(18-17-12)14(19)16-9-10-5-3-6-11(15)7-10/h3,5-8H,2,4,9H2,1H3,(H,16,19)(H,17,18). The first-order valence-corrected chi connectivity index (χ1v) is 6.63. The van der Waals surface area contributed by atoms with Crippen LogP contribution in [0.4, 0.5) is 0 Å². The van der Waals surface area contributed by atoms with E-state index in [1.54, 1.807) is 12.1 Å². The molecule has 0 unspecified atom stereocenters. The maximum atomic E-state index is 11.9. The molecule has 0 aliphatic rings. The summed E-state index contributed by atoms with van der Waals surface area (Å²) in [5.41, 5.74) is 2.37. The van der Waals surface area contributed by atoms with Gasteiger partial charge in [-0.1, -0.05) is 37.1 Å². The van der Waals surface area contributed by atoms with E-state index in [2.05, 4.69) is 22.4 Å². The van der Waals surface area contributed by atoms with Crippen LogP contribution in [0.3, 0.4) is 0 Å². The molecule has 1 heterocycles. The lowest BCUT2D eigenvalue weighted by molar-refractivity contribution is 0.0946. The fourth-order valence-electron chi connectivity index (χ4n) is 1.80.